The summed E-state index contributed by atoms with van der Waals surface area (Å²) in [4.78, 5) is 14.0. The molecule has 4 nitrogen and oxygen atoms in total. The molecule has 1 atom stereocenters. The Morgan fingerprint density at radius 3 is 3.00 bits per heavy atom. The van der Waals surface area contributed by atoms with Gasteiger partial charge in [-0.05, 0) is 44.0 Å². The molecule has 21 heavy (non-hydrogen) atoms. The molecule has 1 N–H and O–H groups in total. The van der Waals surface area contributed by atoms with Crippen LogP contribution in [0, 0.1) is 5.82 Å². The first kappa shape index (κ1) is 15.8. The van der Waals surface area contributed by atoms with Crippen molar-refractivity contribution in [3.8, 4) is 0 Å². The van der Waals surface area contributed by atoms with Gasteiger partial charge < -0.3 is 15.0 Å². The lowest BCUT2D eigenvalue weighted by molar-refractivity contribution is -0.145. The number of rotatable bonds is 7. The van der Waals surface area contributed by atoms with Gasteiger partial charge in [0.05, 0.1) is 6.61 Å². The number of hydrogen-bond acceptors (Lipinski definition) is 4. The van der Waals surface area contributed by atoms with Gasteiger partial charge in [0.1, 0.15) is 11.9 Å². The van der Waals surface area contributed by atoms with Crippen molar-refractivity contribution >= 4 is 11.7 Å². The van der Waals surface area contributed by atoms with Crippen molar-refractivity contribution < 1.29 is 13.9 Å². The molecule has 0 aromatic heterocycles. The molecule has 0 amide bonds. The lowest BCUT2D eigenvalue weighted by Gasteiger charge is -2.23. The maximum absolute atomic E-state index is 13.4. The van der Waals surface area contributed by atoms with Gasteiger partial charge in [-0.25, -0.2) is 4.39 Å². The highest BCUT2D eigenvalue weighted by atomic mass is 19.1. The molecule has 1 aliphatic rings. The Bertz CT molecular complexity index is 493. The van der Waals surface area contributed by atoms with Crippen LogP contribution in [0.1, 0.15) is 25.8 Å². The van der Waals surface area contributed by atoms with E-state index in [9.17, 15) is 9.18 Å². The van der Waals surface area contributed by atoms with Gasteiger partial charge in [0.25, 0.3) is 0 Å². The summed E-state index contributed by atoms with van der Waals surface area (Å²) in [5.74, 6) is -0.424. The van der Waals surface area contributed by atoms with Crippen LogP contribution in [0.5, 0.6) is 0 Å². The standard InChI is InChI=1S/C16H23FN2O2/c1-3-18-14(16(20)21-4-2)8-10-19-9-7-12-5-6-13(17)11-15(12)19/h5-6,11,14,18H,3-4,7-10H2,1-2H3. The SMILES string of the molecule is CCNC(CCN1CCc2ccc(F)cc21)C(=O)OCC. The number of fused-ring (bicyclic) bond motifs is 1. The second-order valence-electron chi connectivity index (χ2n) is 5.16. The first-order valence-electron chi connectivity index (χ1n) is 7.59. The summed E-state index contributed by atoms with van der Waals surface area (Å²) in [6.07, 6.45) is 1.59. The Morgan fingerprint density at radius 1 is 1.48 bits per heavy atom. The highest BCUT2D eigenvalue weighted by molar-refractivity contribution is 5.75. The van der Waals surface area contributed by atoms with Gasteiger partial charge in [-0.15, -0.1) is 0 Å². The van der Waals surface area contributed by atoms with Gasteiger partial charge in [0.15, 0.2) is 0 Å². The third-order valence-electron chi connectivity index (χ3n) is 3.75. The monoisotopic (exact) mass is 294 g/mol. The van der Waals surface area contributed by atoms with E-state index in [0.29, 0.717) is 26.1 Å². The molecule has 1 unspecified atom stereocenters. The Hall–Kier alpha value is -1.62. The molecule has 116 valence electrons. The maximum atomic E-state index is 13.4. The first-order chi connectivity index (χ1) is 10.2. The number of carbonyl (C=O) groups excluding carboxylic acids is 1. The average Bonchev–Trinajstić information content (AvgIpc) is 2.86. The zero-order valence-corrected chi connectivity index (χ0v) is 12.7. The van der Waals surface area contributed by atoms with Crippen LogP contribution in [-0.2, 0) is 16.0 Å². The van der Waals surface area contributed by atoms with E-state index in [2.05, 4.69) is 10.2 Å². The fourth-order valence-electron chi connectivity index (χ4n) is 2.73. The van der Waals surface area contributed by atoms with Crippen molar-refractivity contribution in [1.82, 2.24) is 5.32 Å². The van der Waals surface area contributed by atoms with Crippen molar-refractivity contribution in [2.45, 2.75) is 32.7 Å². The summed E-state index contributed by atoms with van der Waals surface area (Å²) < 4.78 is 18.5. The number of nitrogens with zero attached hydrogens (tertiary/aromatic N) is 1. The minimum absolute atomic E-state index is 0.210. The zero-order valence-electron chi connectivity index (χ0n) is 12.7. The van der Waals surface area contributed by atoms with E-state index >= 15 is 0 Å². The van der Waals surface area contributed by atoms with Gasteiger partial charge in [-0.3, -0.25) is 4.79 Å². The van der Waals surface area contributed by atoms with Gasteiger partial charge >= 0.3 is 5.97 Å². The summed E-state index contributed by atoms with van der Waals surface area (Å²) >= 11 is 0. The molecule has 1 aromatic rings. The largest absolute Gasteiger partial charge is 0.465 e. The highest BCUT2D eigenvalue weighted by Gasteiger charge is 2.23. The molecule has 2 rings (SSSR count). The molecule has 1 aromatic carbocycles. The molecule has 0 saturated carbocycles. The van der Waals surface area contributed by atoms with Crippen molar-refractivity contribution in [3.63, 3.8) is 0 Å². The van der Waals surface area contributed by atoms with Crippen LogP contribution < -0.4 is 10.2 Å². The van der Waals surface area contributed by atoms with Crippen molar-refractivity contribution in [1.29, 1.82) is 0 Å². The summed E-state index contributed by atoms with van der Waals surface area (Å²) in [6, 6.07) is 4.63. The topological polar surface area (TPSA) is 41.6 Å². The fraction of sp³-hybridized carbons (Fsp3) is 0.562. The number of benzene rings is 1. The van der Waals surface area contributed by atoms with E-state index in [4.69, 9.17) is 4.74 Å². The van der Waals surface area contributed by atoms with E-state index in [1.54, 1.807) is 13.0 Å². The van der Waals surface area contributed by atoms with E-state index < -0.39 is 0 Å². The number of hydrogen-bond donors (Lipinski definition) is 1. The third kappa shape index (κ3) is 3.94. The molecule has 0 radical (unpaired) electrons. The molecular weight excluding hydrogens is 271 g/mol. The molecule has 0 fully saturated rings. The van der Waals surface area contributed by atoms with Crippen molar-refractivity contribution in [3.05, 3.63) is 29.6 Å². The molecule has 5 heteroatoms. The van der Waals surface area contributed by atoms with E-state index in [-0.39, 0.29) is 17.8 Å². The summed E-state index contributed by atoms with van der Waals surface area (Å²) in [7, 11) is 0. The van der Waals surface area contributed by atoms with Crippen LogP contribution in [0.4, 0.5) is 10.1 Å². The van der Waals surface area contributed by atoms with E-state index in [1.165, 1.54) is 11.6 Å². The van der Waals surface area contributed by atoms with Crippen LogP contribution in [-0.4, -0.2) is 38.3 Å². The van der Waals surface area contributed by atoms with Gasteiger partial charge in [-0.2, -0.15) is 0 Å². The Kier molecular flexibility index (Phi) is 5.56. The third-order valence-corrected chi connectivity index (χ3v) is 3.75. The minimum atomic E-state index is -0.299. The Labute approximate surface area is 125 Å². The number of ether oxygens (including phenoxy) is 1. The summed E-state index contributed by atoms with van der Waals surface area (Å²) in [5.41, 5.74) is 2.13. The van der Waals surface area contributed by atoms with Gasteiger partial charge in [0, 0.05) is 18.8 Å². The minimum Gasteiger partial charge on any atom is -0.465 e. The molecule has 0 saturated heterocycles. The van der Waals surface area contributed by atoms with E-state index in [0.717, 1.165) is 18.7 Å². The molecular formula is C16H23FN2O2. The van der Waals surface area contributed by atoms with Crippen molar-refractivity contribution in [2.24, 2.45) is 0 Å². The lowest BCUT2D eigenvalue weighted by Crippen LogP contribution is -2.40. The smallest absolute Gasteiger partial charge is 0.323 e. The quantitative estimate of drug-likeness (QED) is 0.782. The number of likely N-dealkylation sites (N-methyl/N-ethyl adjacent to an activating group) is 1. The van der Waals surface area contributed by atoms with Crippen LogP contribution >= 0.6 is 0 Å². The number of anilines is 1. The maximum Gasteiger partial charge on any atom is 0.323 e. The van der Waals surface area contributed by atoms with Gasteiger partial charge in [-0.1, -0.05) is 13.0 Å². The van der Waals surface area contributed by atoms with Crippen LogP contribution in [0.15, 0.2) is 18.2 Å². The highest BCUT2D eigenvalue weighted by Crippen LogP contribution is 2.28. The van der Waals surface area contributed by atoms with E-state index in [1.807, 2.05) is 13.0 Å². The fourth-order valence-corrected chi connectivity index (χ4v) is 2.73. The predicted octanol–water partition coefficient (Wildman–Crippen LogP) is 2.12. The first-order valence-corrected chi connectivity index (χ1v) is 7.59. The number of esters is 1. The average molecular weight is 294 g/mol. The number of halogens is 1. The number of nitrogens with one attached hydrogen (secondary N) is 1. The lowest BCUT2D eigenvalue weighted by atomic mass is 10.1. The normalized spacial score (nSPS) is 14.9. The van der Waals surface area contributed by atoms with Crippen molar-refractivity contribution in [2.75, 3.05) is 31.1 Å². The number of carbonyl (C=O) groups is 1. The molecule has 1 heterocycles. The molecule has 1 aliphatic heterocycles. The summed E-state index contributed by atoms with van der Waals surface area (Å²) in [5, 5.41) is 3.15. The second kappa shape index (κ2) is 7.41. The van der Waals surface area contributed by atoms with Crippen LogP contribution in [0.25, 0.3) is 0 Å². The molecule has 0 bridgehead atoms. The second-order valence-corrected chi connectivity index (χ2v) is 5.16. The van der Waals surface area contributed by atoms with Crippen LogP contribution in [0.2, 0.25) is 0 Å². The molecule has 0 aliphatic carbocycles. The van der Waals surface area contributed by atoms with Gasteiger partial charge in [0.2, 0.25) is 0 Å². The predicted molar refractivity (Wildman–Crippen MR) is 81.0 cm³/mol. The zero-order chi connectivity index (χ0) is 15.2. The van der Waals surface area contributed by atoms with Crippen LogP contribution in [0.3, 0.4) is 0 Å². The molecule has 0 spiro atoms. The summed E-state index contributed by atoms with van der Waals surface area (Å²) in [6.45, 7) is 6.47. The Morgan fingerprint density at radius 2 is 2.29 bits per heavy atom. The Balaban J connectivity index is 1.96.